The number of benzene rings is 2. The van der Waals surface area contributed by atoms with Crippen LogP contribution >= 0.6 is 0 Å². The summed E-state index contributed by atoms with van der Waals surface area (Å²) in [5.74, 6) is -1.93. The summed E-state index contributed by atoms with van der Waals surface area (Å²) in [7, 11) is 1.52. The summed E-state index contributed by atoms with van der Waals surface area (Å²) in [6, 6.07) is 16.3. The SMILES string of the molecule is COc1ccccc1CC(CNC(=O)CNC(=O)Cc1ccccc1)C(=O)O. The fraction of sp³-hybridized carbons (Fsp3) is 0.286. The summed E-state index contributed by atoms with van der Waals surface area (Å²) >= 11 is 0. The summed E-state index contributed by atoms with van der Waals surface area (Å²) in [5.41, 5.74) is 1.60. The van der Waals surface area contributed by atoms with E-state index in [1.165, 1.54) is 7.11 Å². The van der Waals surface area contributed by atoms with Crippen LogP contribution < -0.4 is 15.4 Å². The number of aliphatic carboxylic acids is 1. The molecule has 2 aromatic carbocycles. The number of methoxy groups -OCH3 is 1. The van der Waals surface area contributed by atoms with E-state index in [9.17, 15) is 19.5 Å². The average molecular weight is 384 g/mol. The minimum absolute atomic E-state index is 0.0409. The molecule has 0 saturated heterocycles. The molecule has 0 spiro atoms. The van der Waals surface area contributed by atoms with Crippen molar-refractivity contribution in [2.45, 2.75) is 12.8 Å². The lowest BCUT2D eigenvalue weighted by Crippen LogP contribution is -2.41. The fourth-order valence-corrected chi connectivity index (χ4v) is 2.71. The summed E-state index contributed by atoms with van der Waals surface area (Å²) in [6.45, 7) is -0.243. The van der Waals surface area contributed by atoms with Gasteiger partial charge in [-0.15, -0.1) is 0 Å². The highest BCUT2D eigenvalue weighted by atomic mass is 16.5. The van der Waals surface area contributed by atoms with E-state index < -0.39 is 17.8 Å². The monoisotopic (exact) mass is 384 g/mol. The molecule has 0 aliphatic carbocycles. The molecule has 3 N–H and O–H groups in total. The molecule has 2 amide bonds. The molecule has 148 valence electrons. The molecular formula is C21H24N2O5. The van der Waals surface area contributed by atoms with Gasteiger partial charge in [0.05, 0.1) is 26.0 Å². The molecule has 0 aliphatic rings. The molecule has 1 atom stereocenters. The first kappa shape index (κ1) is 21.0. The molecule has 0 heterocycles. The number of para-hydroxylation sites is 1. The third-order valence-corrected chi connectivity index (χ3v) is 4.21. The van der Waals surface area contributed by atoms with Crippen LogP contribution in [-0.4, -0.2) is 43.1 Å². The molecule has 28 heavy (non-hydrogen) atoms. The summed E-state index contributed by atoms with van der Waals surface area (Å²) < 4.78 is 5.24. The van der Waals surface area contributed by atoms with E-state index >= 15 is 0 Å². The van der Waals surface area contributed by atoms with Crippen molar-refractivity contribution in [2.75, 3.05) is 20.2 Å². The number of carbonyl (C=O) groups is 3. The predicted octanol–water partition coefficient (Wildman–Crippen LogP) is 1.41. The first-order valence-electron chi connectivity index (χ1n) is 8.91. The van der Waals surface area contributed by atoms with Crippen LogP contribution in [-0.2, 0) is 27.2 Å². The van der Waals surface area contributed by atoms with Crippen LogP contribution in [0.25, 0.3) is 0 Å². The topological polar surface area (TPSA) is 105 Å². The maximum atomic E-state index is 12.0. The zero-order valence-electron chi connectivity index (χ0n) is 15.7. The Bertz CT molecular complexity index is 807. The Balaban J connectivity index is 1.80. The van der Waals surface area contributed by atoms with Crippen LogP contribution in [0.5, 0.6) is 5.75 Å². The van der Waals surface area contributed by atoms with Crippen LogP contribution in [0, 0.1) is 5.92 Å². The standard InChI is InChI=1S/C21H24N2O5/c1-28-18-10-6-5-9-16(18)12-17(21(26)27)13-22-20(25)14-23-19(24)11-15-7-3-2-4-8-15/h2-10,17H,11-14H2,1H3,(H,22,25)(H,23,24)(H,26,27). The second-order valence-corrected chi connectivity index (χ2v) is 6.29. The van der Waals surface area contributed by atoms with Crippen LogP contribution in [0.15, 0.2) is 54.6 Å². The van der Waals surface area contributed by atoms with Gasteiger partial charge in [-0.05, 0) is 23.6 Å². The number of nitrogens with one attached hydrogen (secondary N) is 2. The summed E-state index contributed by atoms with van der Waals surface area (Å²) in [6.07, 6.45) is 0.402. The van der Waals surface area contributed by atoms with Crippen molar-refractivity contribution < 1.29 is 24.2 Å². The van der Waals surface area contributed by atoms with Crippen molar-refractivity contribution in [2.24, 2.45) is 5.92 Å². The zero-order valence-corrected chi connectivity index (χ0v) is 15.7. The van der Waals surface area contributed by atoms with E-state index in [1.807, 2.05) is 30.3 Å². The Morgan fingerprint density at radius 2 is 1.64 bits per heavy atom. The number of amides is 2. The molecule has 0 aliphatic heterocycles. The van der Waals surface area contributed by atoms with E-state index in [0.717, 1.165) is 11.1 Å². The first-order valence-corrected chi connectivity index (χ1v) is 8.91. The average Bonchev–Trinajstić information content (AvgIpc) is 2.70. The zero-order chi connectivity index (χ0) is 20.4. The van der Waals surface area contributed by atoms with Gasteiger partial charge in [0.25, 0.3) is 0 Å². The van der Waals surface area contributed by atoms with Crippen LogP contribution in [0.1, 0.15) is 11.1 Å². The molecule has 0 bridgehead atoms. The van der Waals surface area contributed by atoms with Crippen molar-refractivity contribution in [1.29, 1.82) is 0 Å². The highest BCUT2D eigenvalue weighted by molar-refractivity contribution is 5.86. The van der Waals surface area contributed by atoms with Crippen molar-refractivity contribution in [3.05, 3.63) is 65.7 Å². The lowest BCUT2D eigenvalue weighted by Gasteiger charge is -2.15. The molecule has 7 heteroatoms. The number of hydrogen-bond donors (Lipinski definition) is 3. The van der Waals surface area contributed by atoms with E-state index in [1.54, 1.807) is 24.3 Å². The van der Waals surface area contributed by atoms with Gasteiger partial charge < -0.3 is 20.5 Å². The summed E-state index contributed by atoms with van der Waals surface area (Å²) in [5, 5.41) is 14.5. The fourth-order valence-electron chi connectivity index (χ4n) is 2.71. The molecule has 2 rings (SSSR count). The van der Waals surface area contributed by atoms with Crippen LogP contribution in [0.2, 0.25) is 0 Å². The lowest BCUT2D eigenvalue weighted by molar-refractivity contribution is -0.141. The van der Waals surface area contributed by atoms with Gasteiger partial charge in [-0.3, -0.25) is 14.4 Å². The van der Waals surface area contributed by atoms with Gasteiger partial charge in [0.2, 0.25) is 11.8 Å². The molecule has 0 radical (unpaired) electrons. The van der Waals surface area contributed by atoms with Gasteiger partial charge in [-0.25, -0.2) is 0 Å². The van der Waals surface area contributed by atoms with Gasteiger partial charge >= 0.3 is 5.97 Å². The van der Waals surface area contributed by atoms with Crippen molar-refractivity contribution in [3.8, 4) is 5.75 Å². The van der Waals surface area contributed by atoms with E-state index in [0.29, 0.717) is 5.75 Å². The van der Waals surface area contributed by atoms with Crippen LogP contribution in [0.4, 0.5) is 0 Å². The third-order valence-electron chi connectivity index (χ3n) is 4.21. The van der Waals surface area contributed by atoms with Crippen LogP contribution in [0.3, 0.4) is 0 Å². The molecule has 0 saturated carbocycles. The Labute approximate surface area is 163 Å². The van der Waals surface area contributed by atoms with Gasteiger partial charge in [0, 0.05) is 6.54 Å². The number of carboxylic acids is 1. The van der Waals surface area contributed by atoms with Crippen molar-refractivity contribution in [3.63, 3.8) is 0 Å². The first-order chi connectivity index (χ1) is 13.5. The Kier molecular flexibility index (Phi) is 8.02. The minimum Gasteiger partial charge on any atom is -0.496 e. The Hall–Kier alpha value is -3.35. The van der Waals surface area contributed by atoms with Gasteiger partial charge in [-0.1, -0.05) is 48.5 Å². The number of rotatable bonds is 10. The number of carbonyl (C=O) groups excluding carboxylic acids is 2. The van der Waals surface area contributed by atoms with Crippen molar-refractivity contribution in [1.82, 2.24) is 10.6 Å². The lowest BCUT2D eigenvalue weighted by atomic mass is 9.98. The van der Waals surface area contributed by atoms with Gasteiger partial charge in [-0.2, -0.15) is 0 Å². The largest absolute Gasteiger partial charge is 0.496 e. The molecule has 0 aromatic heterocycles. The molecule has 0 fully saturated rings. The van der Waals surface area contributed by atoms with Gasteiger partial charge in [0.15, 0.2) is 0 Å². The van der Waals surface area contributed by atoms with E-state index in [2.05, 4.69) is 10.6 Å². The van der Waals surface area contributed by atoms with E-state index in [4.69, 9.17) is 4.74 Å². The second kappa shape index (κ2) is 10.7. The maximum Gasteiger partial charge on any atom is 0.308 e. The van der Waals surface area contributed by atoms with E-state index in [-0.39, 0.29) is 31.8 Å². The third kappa shape index (κ3) is 6.75. The minimum atomic E-state index is -1.01. The Morgan fingerprint density at radius 1 is 0.964 bits per heavy atom. The van der Waals surface area contributed by atoms with Gasteiger partial charge in [0.1, 0.15) is 5.75 Å². The summed E-state index contributed by atoms with van der Waals surface area (Å²) in [4.78, 5) is 35.4. The number of hydrogen-bond acceptors (Lipinski definition) is 4. The molecule has 2 aromatic rings. The molecular weight excluding hydrogens is 360 g/mol. The highest BCUT2D eigenvalue weighted by Crippen LogP contribution is 2.20. The molecule has 1 unspecified atom stereocenters. The smallest absolute Gasteiger partial charge is 0.308 e. The quantitative estimate of drug-likeness (QED) is 0.575. The van der Waals surface area contributed by atoms with Crippen molar-refractivity contribution >= 4 is 17.8 Å². The number of carboxylic acid groups (broad SMARTS) is 1. The number of ether oxygens (including phenoxy) is 1. The predicted molar refractivity (Wildman–Crippen MR) is 104 cm³/mol. The second-order valence-electron chi connectivity index (χ2n) is 6.29. The molecule has 7 nitrogen and oxygen atoms in total. The maximum absolute atomic E-state index is 12.0. The Morgan fingerprint density at radius 3 is 2.32 bits per heavy atom. The normalized spacial score (nSPS) is 11.3. The highest BCUT2D eigenvalue weighted by Gasteiger charge is 2.20.